The molecule has 2 aromatic carbocycles. The number of rotatable bonds is 7. The fraction of sp³-hybridized carbons (Fsp3) is 0.370. The third-order valence-electron chi connectivity index (χ3n) is 5.72. The molecule has 0 aromatic heterocycles. The quantitative estimate of drug-likeness (QED) is 0.449. The number of ether oxygens (including phenoxy) is 3. The van der Waals surface area contributed by atoms with Crippen molar-refractivity contribution in [1.29, 1.82) is 0 Å². The van der Waals surface area contributed by atoms with Crippen LogP contribution in [0.5, 0.6) is 11.5 Å². The van der Waals surface area contributed by atoms with Crippen molar-refractivity contribution in [2.45, 2.75) is 40.0 Å². The molecule has 7 heteroatoms. The summed E-state index contributed by atoms with van der Waals surface area (Å²) in [4.78, 5) is 31.1. The lowest BCUT2D eigenvalue weighted by molar-refractivity contribution is -0.134. The van der Waals surface area contributed by atoms with Gasteiger partial charge in [-0.15, -0.1) is 0 Å². The van der Waals surface area contributed by atoms with Crippen LogP contribution in [-0.2, 0) is 14.3 Å². The molecular weight excluding hydrogens is 432 g/mol. The van der Waals surface area contributed by atoms with Crippen LogP contribution in [0.15, 0.2) is 47.1 Å². The van der Waals surface area contributed by atoms with Crippen LogP contribution in [-0.4, -0.2) is 49.0 Å². The second-order valence-corrected chi connectivity index (χ2v) is 8.58. The summed E-state index contributed by atoms with van der Waals surface area (Å²) in [5.41, 5.74) is 3.84. The first-order valence-electron chi connectivity index (χ1n) is 11.7. The van der Waals surface area contributed by atoms with Gasteiger partial charge in [0.25, 0.3) is 5.91 Å². The Labute approximate surface area is 200 Å². The summed E-state index contributed by atoms with van der Waals surface area (Å²) < 4.78 is 16.9. The third-order valence-corrected chi connectivity index (χ3v) is 5.72. The van der Waals surface area contributed by atoms with Crippen molar-refractivity contribution in [3.05, 3.63) is 64.3 Å². The molecule has 7 nitrogen and oxygen atoms in total. The standard InChI is InChI=1S/C27H30N2O5/c1-4-32-24-16-20(8-9-23(24)33-17-25(30)29-10-6-5-7-11-29)15-22-27(31)34-26(28-22)21-13-18(2)12-19(3)14-21/h8-9,12-16H,4-7,10-11,17H2,1-3H3/b22-15-. The summed E-state index contributed by atoms with van der Waals surface area (Å²) >= 11 is 0. The number of esters is 1. The average Bonchev–Trinajstić information content (AvgIpc) is 3.18. The Balaban J connectivity index is 1.51. The highest BCUT2D eigenvalue weighted by Crippen LogP contribution is 2.30. The van der Waals surface area contributed by atoms with Gasteiger partial charge in [0.2, 0.25) is 5.90 Å². The molecule has 4 rings (SSSR count). The lowest BCUT2D eigenvalue weighted by Gasteiger charge is -2.26. The first-order chi connectivity index (χ1) is 16.4. The van der Waals surface area contributed by atoms with Crippen molar-refractivity contribution in [2.75, 3.05) is 26.3 Å². The minimum Gasteiger partial charge on any atom is -0.490 e. The van der Waals surface area contributed by atoms with Gasteiger partial charge in [-0.3, -0.25) is 4.79 Å². The first kappa shape index (κ1) is 23.5. The number of nitrogens with zero attached hydrogens (tertiary/aromatic N) is 2. The summed E-state index contributed by atoms with van der Waals surface area (Å²) in [6.45, 7) is 7.83. The van der Waals surface area contributed by atoms with Crippen LogP contribution in [0.3, 0.4) is 0 Å². The zero-order valence-electron chi connectivity index (χ0n) is 19.9. The molecule has 0 radical (unpaired) electrons. The van der Waals surface area contributed by atoms with Crippen LogP contribution in [0.1, 0.15) is 48.4 Å². The normalized spacial score (nSPS) is 16.9. The molecule has 1 fully saturated rings. The molecule has 1 saturated heterocycles. The zero-order valence-corrected chi connectivity index (χ0v) is 19.9. The molecule has 0 bridgehead atoms. The zero-order chi connectivity index (χ0) is 24.1. The van der Waals surface area contributed by atoms with E-state index in [2.05, 4.69) is 11.1 Å². The van der Waals surface area contributed by atoms with Crippen LogP contribution < -0.4 is 9.47 Å². The smallest absolute Gasteiger partial charge is 0.363 e. The van der Waals surface area contributed by atoms with Gasteiger partial charge in [-0.2, -0.15) is 0 Å². The number of benzene rings is 2. The fourth-order valence-corrected chi connectivity index (χ4v) is 4.16. The van der Waals surface area contributed by atoms with Crippen LogP contribution in [0.2, 0.25) is 0 Å². The second-order valence-electron chi connectivity index (χ2n) is 8.58. The van der Waals surface area contributed by atoms with Crippen molar-refractivity contribution < 1.29 is 23.8 Å². The molecule has 178 valence electrons. The van der Waals surface area contributed by atoms with Crippen molar-refractivity contribution in [3.8, 4) is 11.5 Å². The van der Waals surface area contributed by atoms with E-state index in [-0.39, 0.29) is 18.2 Å². The Morgan fingerprint density at radius 3 is 2.47 bits per heavy atom. The number of hydrogen-bond acceptors (Lipinski definition) is 6. The molecule has 2 aromatic rings. The molecule has 0 unspecified atom stereocenters. The van der Waals surface area contributed by atoms with E-state index in [4.69, 9.17) is 14.2 Å². The number of piperidine rings is 1. The summed E-state index contributed by atoms with van der Waals surface area (Å²) in [7, 11) is 0. The second kappa shape index (κ2) is 10.5. The van der Waals surface area contributed by atoms with E-state index in [1.165, 1.54) is 6.42 Å². The van der Waals surface area contributed by atoms with Gasteiger partial charge in [0.05, 0.1) is 6.61 Å². The Morgan fingerprint density at radius 2 is 1.76 bits per heavy atom. The van der Waals surface area contributed by atoms with Gasteiger partial charge in [0, 0.05) is 18.7 Å². The summed E-state index contributed by atoms with van der Waals surface area (Å²) in [5, 5.41) is 0. The van der Waals surface area contributed by atoms with E-state index >= 15 is 0 Å². The SMILES string of the molecule is CCOc1cc(/C=C2\N=C(c3cc(C)cc(C)c3)OC2=O)ccc1OCC(=O)N1CCCCC1. The topological polar surface area (TPSA) is 77.4 Å². The minimum absolute atomic E-state index is 0.0182. The van der Waals surface area contributed by atoms with E-state index in [0.29, 0.717) is 24.0 Å². The van der Waals surface area contributed by atoms with Crippen molar-refractivity contribution >= 4 is 23.9 Å². The van der Waals surface area contributed by atoms with Gasteiger partial charge in [0.15, 0.2) is 23.8 Å². The number of aliphatic imine (C=N–C) groups is 1. The molecule has 0 saturated carbocycles. The van der Waals surface area contributed by atoms with Crippen LogP contribution in [0.25, 0.3) is 6.08 Å². The number of aryl methyl sites for hydroxylation is 2. The van der Waals surface area contributed by atoms with Crippen LogP contribution >= 0.6 is 0 Å². The largest absolute Gasteiger partial charge is 0.490 e. The van der Waals surface area contributed by atoms with Crippen LogP contribution in [0, 0.1) is 13.8 Å². The number of carbonyl (C=O) groups excluding carboxylic acids is 2. The number of cyclic esters (lactones) is 1. The van der Waals surface area contributed by atoms with E-state index < -0.39 is 5.97 Å². The molecule has 0 aliphatic carbocycles. The Bertz CT molecular complexity index is 1130. The first-order valence-corrected chi connectivity index (χ1v) is 11.7. The molecule has 0 atom stereocenters. The van der Waals surface area contributed by atoms with Crippen molar-refractivity contribution in [3.63, 3.8) is 0 Å². The summed E-state index contributed by atoms with van der Waals surface area (Å²) in [6.07, 6.45) is 4.90. The van der Waals surface area contributed by atoms with Gasteiger partial charge < -0.3 is 19.1 Å². The Kier molecular flexibility index (Phi) is 7.30. The highest BCUT2D eigenvalue weighted by molar-refractivity contribution is 6.13. The monoisotopic (exact) mass is 462 g/mol. The van der Waals surface area contributed by atoms with E-state index in [0.717, 1.165) is 48.2 Å². The third kappa shape index (κ3) is 5.65. The fourth-order valence-electron chi connectivity index (χ4n) is 4.16. The predicted octanol–water partition coefficient (Wildman–Crippen LogP) is 4.44. The van der Waals surface area contributed by atoms with Crippen LogP contribution in [0.4, 0.5) is 0 Å². The Hall–Kier alpha value is -3.61. The van der Waals surface area contributed by atoms with Gasteiger partial charge in [-0.05, 0) is 75.9 Å². The van der Waals surface area contributed by atoms with Crippen molar-refractivity contribution in [2.24, 2.45) is 4.99 Å². The lowest BCUT2D eigenvalue weighted by Crippen LogP contribution is -2.38. The number of amides is 1. The summed E-state index contributed by atoms with van der Waals surface area (Å²) in [6, 6.07) is 11.2. The van der Waals surface area contributed by atoms with Gasteiger partial charge >= 0.3 is 5.97 Å². The Morgan fingerprint density at radius 1 is 1.03 bits per heavy atom. The maximum atomic E-state index is 12.4. The molecule has 2 aliphatic heterocycles. The van der Waals surface area contributed by atoms with Crippen molar-refractivity contribution in [1.82, 2.24) is 4.90 Å². The average molecular weight is 463 g/mol. The molecular formula is C27H30N2O5. The molecule has 34 heavy (non-hydrogen) atoms. The summed E-state index contributed by atoms with van der Waals surface area (Å²) in [5.74, 6) is 0.773. The van der Waals surface area contributed by atoms with Gasteiger partial charge in [-0.1, -0.05) is 23.3 Å². The predicted molar refractivity (Wildman–Crippen MR) is 130 cm³/mol. The number of hydrogen-bond donors (Lipinski definition) is 0. The molecule has 2 heterocycles. The molecule has 0 N–H and O–H groups in total. The maximum absolute atomic E-state index is 12.4. The molecule has 0 spiro atoms. The molecule has 2 aliphatic rings. The van der Waals surface area contributed by atoms with E-state index in [1.54, 1.807) is 24.3 Å². The highest BCUT2D eigenvalue weighted by Gasteiger charge is 2.25. The minimum atomic E-state index is -0.500. The number of carbonyl (C=O) groups is 2. The molecule has 1 amide bonds. The van der Waals surface area contributed by atoms with E-state index in [9.17, 15) is 9.59 Å². The van der Waals surface area contributed by atoms with Gasteiger partial charge in [0.1, 0.15) is 0 Å². The highest BCUT2D eigenvalue weighted by atomic mass is 16.6. The lowest BCUT2D eigenvalue weighted by atomic mass is 10.1. The van der Waals surface area contributed by atoms with Gasteiger partial charge in [-0.25, -0.2) is 9.79 Å². The van der Waals surface area contributed by atoms with E-state index in [1.807, 2.05) is 37.8 Å². The number of likely N-dealkylation sites (tertiary alicyclic amines) is 1. The maximum Gasteiger partial charge on any atom is 0.363 e.